The Balaban J connectivity index is 1.88. The van der Waals surface area contributed by atoms with Crippen molar-refractivity contribution in [3.8, 4) is 17.1 Å². The number of phenols is 1. The number of hydrogen-bond donors (Lipinski definition) is 1. The molecule has 2 aromatic carbocycles. The number of halogens is 1. The lowest BCUT2D eigenvalue weighted by atomic mass is 10.1. The first-order valence-corrected chi connectivity index (χ1v) is 6.49. The van der Waals surface area contributed by atoms with Gasteiger partial charge in [-0.1, -0.05) is 23.4 Å². The lowest BCUT2D eigenvalue weighted by Crippen LogP contribution is -1.90. The summed E-state index contributed by atoms with van der Waals surface area (Å²) in [6, 6.07) is 11.5. The first-order valence-electron chi connectivity index (χ1n) is 6.49. The van der Waals surface area contributed by atoms with E-state index in [0.717, 1.165) is 5.56 Å². The van der Waals surface area contributed by atoms with Gasteiger partial charge < -0.3 is 9.63 Å². The lowest BCUT2D eigenvalue weighted by Gasteiger charge is -1.99. The van der Waals surface area contributed by atoms with E-state index in [4.69, 9.17) is 4.52 Å². The molecule has 0 atom stereocenters. The molecule has 21 heavy (non-hydrogen) atoms. The molecule has 3 rings (SSSR count). The zero-order valence-corrected chi connectivity index (χ0v) is 11.4. The second kappa shape index (κ2) is 5.36. The summed E-state index contributed by atoms with van der Waals surface area (Å²) in [6.45, 7) is 1.80. The maximum atomic E-state index is 13.4. The number of aryl methyl sites for hydroxylation is 1. The van der Waals surface area contributed by atoms with Crippen LogP contribution in [0.15, 0.2) is 47.0 Å². The second-order valence-electron chi connectivity index (χ2n) is 4.83. The SMILES string of the molecule is Cc1cc(F)cc(-c2noc(Cc3ccccc3O)n2)c1. The number of rotatable bonds is 3. The van der Waals surface area contributed by atoms with E-state index in [2.05, 4.69) is 10.1 Å². The van der Waals surface area contributed by atoms with Crippen LogP contribution in [-0.4, -0.2) is 15.2 Å². The van der Waals surface area contributed by atoms with Crippen LogP contribution >= 0.6 is 0 Å². The molecule has 5 heteroatoms. The number of hydrogen-bond acceptors (Lipinski definition) is 4. The van der Waals surface area contributed by atoms with Crippen molar-refractivity contribution in [2.24, 2.45) is 0 Å². The van der Waals surface area contributed by atoms with Gasteiger partial charge >= 0.3 is 0 Å². The fraction of sp³-hybridized carbons (Fsp3) is 0.125. The number of aromatic nitrogens is 2. The van der Waals surface area contributed by atoms with Crippen molar-refractivity contribution in [3.05, 3.63) is 65.3 Å². The van der Waals surface area contributed by atoms with Gasteiger partial charge in [0, 0.05) is 11.1 Å². The Kier molecular flexibility index (Phi) is 3.39. The van der Waals surface area contributed by atoms with E-state index in [1.807, 2.05) is 6.07 Å². The molecular formula is C16H13FN2O2. The monoisotopic (exact) mass is 284 g/mol. The number of benzene rings is 2. The third kappa shape index (κ3) is 2.91. The van der Waals surface area contributed by atoms with Crippen molar-refractivity contribution >= 4 is 0 Å². The Morgan fingerprint density at radius 1 is 1.19 bits per heavy atom. The molecule has 3 aromatic rings. The summed E-state index contributed by atoms with van der Waals surface area (Å²) in [4.78, 5) is 4.24. The van der Waals surface area contributed by atoms with Gasteiger partial charge in [0.2, 0.25) is 11.7 Å². The topological polar surface area (TPSA) is 59.2 Å². The molecule has 0 spiro atoms. The van der Waals surface area contributed by atoms with Crippen LogP contribution in [0.2, 0.25) is 0 Å². The highest BCUT2D eigenvalue weighted by molar-refractivity contribution is 5.55. The molecule has 0 aliphatic heterocycles. The van der Waals surface area contributed by atoms with Gasteiger partial charge in [0.15, 0.2) is 0 Å². The van der Waals surface area contributed by atoms with Crippen LogP contribution in [0, 0.1) is 12.7 Å². The smallest absolute Gasteiger partial charge is 0.231 e. The zero-order valence-electron chi connectivity index (χ0n) is 11.4. The molecule has 0 saturated carbocycles. The zero-order chi connectivity index (χ0) is 14.8. The van der Waals surface area contributed by atoms with Crippen molar-refractivity contribution in [2.45, 2.75) is 13.3 Å². The van der Waals surface area contributed by atoms with Gasteiger partial charge in [-0.15, -0.1) is 0 Å². The molecule has 0 radical (unpaired) electrons. The van der Waals surface area contributed by atoms with E-state index in [0.29, 0.717) is 29.3 Å². The molecule has 1 heterocycles. The molecule has 0 unspecified atom stereocenters. The van der Waals surface area contributed by atoms with Gasteiger partial charge in [0.05, 0.1) is 6.42 Å². The van der Waals surface area contributed by atoms with Gasteiger partial charge in [-0.3, -0.25) is 0 Å². The normalized spacial score (nSPS) is 10.8. The third-order valence-corrected chi connectivity index (χ3v) is 3.10. The summed E-state index contributed by atoms with van der Waals surface area (Å²) in [6.07, 6.45) is 0.327. The van der Waals surface area contributed by atoms with Crippen molar-refractivity contribution in [2.75, 3.05) is 0 Å². The predicted molar refractivity (Wildman–Crippen MR) is 75.3 cm³/mol. The molecule has 0 amide bonds. The predicted octanol–water partition coefficient (Wildman–Crippen LogP) is 3.48. The van der Waals surface area contributed by atoms with E-state index < -0.39 is 0 Å². The summed E-state index contributed by atoms with van der Waals surface area (Å²) < 4.78 is 18.6. The van der Waals surface area contributed by atoms with Crippen LogP contribution in [0.4, 0.5) is 4.39 Å². The quantitative estimate of drug-likeness (QED) is 0.800. The molecular weight excluding hydrogens is 271 g/mol. The second-order valence-corrected chi connectivity index (χ2v) is 4.83. The average Bonchev–Trinajstić information content (AvgIpc) is 2.89. The minimum atomic E-state index is -0.336. The summed E-state index contributed by atoms with van der Waals surface area (Å²) >= 11 is 0. The molecule has 106 valence electrons. The Bertz CT molecular complexity index is 763. The van der Waals surface area contributed by atoms with Crippen LogP contribution in [0.3, 0.4) is 0 Å². The Labute approximate surface area is 120 Å². The van der Waals surface area contributed by atoms with Gasteiger partial charge in [0.1, 0.15) is 11.6 Å². The average molecular weight is 284 g/mol. The number of aromatic hydroxyl groups is 1. The van der Waals surface area contributed by atoms with Crippen molar-refractivity contribution in [1.82, 2.24) is 10.1 Å². The Morgan fingerprint density at radius 2 is 2.00 bits per heavy atom. The minimum absolute atomic E-state index is 0.179. The van der Waals surface area contributed by atoms with Crippen molar-refractivity contribution < 1.29 is 14.0 Å². The van der Waals surface area contributed by atoms with Gasteiger partial charge in [-0.05, 0) is 36.8 Å². The van der Waals surface area contributed by atoms with Crippen LogP contribution < -0.4 is 0 Å². The highest BCUT2D eigenvalue weighted by Gasteiger charge is 2.12. The van der Waals surface area contributed by atoms with Crippen LogP contribution in [0.25, 0.3) is 11.4 Å². The fourth-order valence-corrected chi connectivity index (χ4v) is 2.13. The first-order chi connectivity index (χ1) is 10.1. The number of para-hydroxylation sites is 1. The fourth-order valence-electron chi connectivity index (χ4n) is 2.13. The maximum Gasteiger partial charge on any atom is 0.231 e. The molecule has 0 aliphatic rings. The number of nitrogens with zero attached hydrogens (tertiary/aromatic N) is 2. The Morgan fingerprint density at radius 3 is 2.76 bits per heavy atom. The lowest BCUT2D eigenvalue weighted by molar-refractivity contribution is 0.383. The van der Waals surface area contributed by atoms with Gasteiger partial charge in [-0.2, -0.15) is 4.98 Å². The maximum absolute atomic E-state index is 13.4. The van der Waals surface area contributed by atoms with Crippen molar-refractivity contribution in [1.29, 1.82) is 0 Å². The molecule has 0 fully saturated rings. The summed E-state index contributed by atoms with van der Waals surface area (Å²) in [5.74, 6) is 0.548. The third-order valence-electron chi connectivity index (χ3n) is 3.10. The van der Waals surface area contributed by atoms with E-state index in [1.165, 1.54) is 12.1 Å². The molecule has 0 bridgehead atoms. The standard InChI is InChI=1S/C16H13FN2O2/c1-10-6-12(8-13(17)7-10)16-18-15(21-19-16)9-11-4-2-3-5-14(11)20/h2-8,20H,9H2,1H3. The van der Waals surface area contributed by atoms with Crippen LogP contribution in [-0.2, 0) is 6.42 Å². The summed E-state index contributed by atoms with van der Waals surface area (Å²) in [7, 11) is 0. The number of phenolic OH excluding ortho intramolecular Hbond substituents is 1. The first kappa shape index (κ1) is 13.3. The van der Waals surface area contributed by atoms with Crippen LogP contribution in [0.1, 0.15) is 17.0 Å². The highest BCUT2D eigenvalue weighted by atomic mass is 19.1. The molecule has 1 N–H and O–H groups in total. The van der Waals surface area contributed by atoms with E-state index in [9.17, 15) is 9.50 Å². The molecule has 1 aromatic heterocycles. The van der Waals surface area contributed by atoms with Gasteiger partial charge in [0.25, 0.3) is 0 Å². The largest absolute Gasteiger partial charge is 0.508 e. The highest BCUT2D eigenvalue weighted by Crippen LogP contribution is 2.22. The molecule has 0 aliphatic carbocycles. The van der Waals surface area contributed by atoms with Crippen LogP contribution in [0.5, 0.6) is 5.75 Å². The summed E-state index contributed by atoms with van der Waals surface area (Å²) in [5, 5.41) is 13.6. The Hall–Kier alpha value is -2.69. The molecule has 4 nitrogen and oxygen atoms in total. The van der Waals surface area contributed by atoms with E-state index in [-0.39, 0.29) is 11.6 Å². The van der Waals surface area contributed by atoms with Gasteiger partial charge in [-0.25, -0.2) is 4.39 Å². The molecule has 0 saturated heterocycles. The van der Waals surface area contributed by atoms with E-state index in [1.54, 1.807) is 31.2 Å². The summed E-state index contributed by atoms with van der Waals surface area (Å²) in [5.41, 5.74) is 2.06. The van der Waals surface area contributed by atoms with Crippen molar-refractivity contribution in [3.63, 3.8) is 0 Å². The minimum Gasteiger partial charge on any atom is -0.508 e. The van der Waals surface area contributed by atoms with E-state index >= 15 is 0 Å².